The monoisotopic (exact) mass is 254 g/mol. The van der Waals surface area contributed by atoms with Gasteiger partial charge in [0.15, 0.2) is 0 Å². The van der Waals surface area contributed by atoms with Crippen LogP contribution in [0.3, 0.4) is 0 Å². The van der Waals surface area contributed by atoms with Gasteiger partial charge in [0.1, 0.15) is 0 Å². The Bertz CT molecular complexity index is 534. The zero-order chi connectivity index (χ0) is 12.2. The molecule has 1 aliphatic heterocycles. The molecular weight excluding hydrogens is 239 g/mol. The molecule has 0 bridgehead atoms. The van der Waals surface area contributed by atoms with E-state index in [1.165, 1.54) is 16.2 Å². The normalized spacial score (nSPS) is 21.3. The summed E-state index contributed by atoms with van der Waals surface area (Å²) in [5.74, 6) is 0. The summed E-state index contributed by atoms with van der Waals surface area (Å²) >= 11 is 0. The maximum Gasteiger partial charge on any atom is 0.0877 e. The van der Waals surface area contributed by atoms with E-state index in [0.717, 1.165) is 13.0 Å². The van der Waals surface area contributed by atoms with Gasteiger partial charge in [0, 0.05) is 5.30 Å². The van der Waals surface area contributed by atoms with Crippen LogP contribution in [-0.2, 0) is 4.52 Å². The minimum Gasteiger partial charge on any atom is -0.350 e. The highest BCUT2D eigenvalue weighted by Crippen LogP contribution is 2.52. The van der Waals surface area contributed by atoms with E-state index in [-0.39, 0.29) is 0 Å². The van der Waals surface area contributed by atoms with Gasteiger partial charge in [-0.1, -0.05) is 60.7 Å². The SMILES string of the molecule is C(=C1/CCOP1c1ccccc1)/c1ccccc1. The Balaban J connectivity index is 1.90. The molecule has 0 radical (unpaired) electrons. The largest absolute Gasteiger partial charge is 0.350 e. The first-order valence-electron chi connectivity index (χ1n) is 6.17. The molecule has 0 aromatic heterocycles. The third-order valence-corrected chi connectivity index (χ3v) is 5.05. The fraction of sp³-hybridized carbons (Fsp3) is 0.125. The predicted octanol–water partition coefficient (Wildman–Crippen LogP) is 4.17. The molecule has 1 aliphatic rings. The van der Waals surface area contributed by atoms with Crippen LogP contribution >= 0.6 is 8.15 Å². The van der Waals surface area contributed by atoms with Crippen molar-refractivity contribution in [2.75, 3.05) is 6.61 Å². The second-order valence-electron chi connectivity index (χ2n) is 4.26. The lowest BCUT2D eigenvalue weighted by molar-refractivity contribution is 0.391. The van der Waals surface area contributed by atoms with Crippen molar-refractivity contribution < 1.29 is 4.52 Å². The molecule has 0 aliphatic carbocycles. The molecule has 18 heavy (non-hydrogen) atoms. The van der Waals surface area contributed by atoms with Gasteiger partial charge in [-0.3, -0.25) is 0 Å². The first-order valence-corrected chi connectivity index (χ1v) is 7.43. The van der Waals surface area contributed by atoms with Crippen LogP contribution in [0.15, 0.2) is 66.0 Å². The third kappa shape index (κ3) is 2.53. The van der Waals surface area contributed by atoms with Crippen molar-refractivity contribution in [3.05, 3.63) is 71.5 Å². The zero-order valence-electron chi connectivity index (χ0n) is 10.1. The Kier molecular flexibility index (Phi) is 3.54. The van der Waals surface area contributed by atoms with E-state index in [9.17, 15) is 0 Å². The highest BCUT2D eigenvalue weighted by atomic mass is 31.1. The first kappa shape index (κ1) is 11.6. The summed E-state index contributed by atoms with van der Waals surface area (Å²) in [5.41, 5.74) is 1.27. The molecule has 1 atom stereocenters. The molecule has 0 N–H and O–H groups in total. The minimum absolute atomic E-state index is 0.566. The smallest absolute Gasteiger partial charge is 0.0877 e. The van der Waals surface area contributed by atoms with Crippen molar-refractivity contribution in [2.45, 2.75) is 6.42 Å². The first-order chi connectivity index (χ1) is 8.93. The molecule has 0 amide bonds. The molecule has 1 unspecified atom stereocenters. The van der Waals surface area contributed by atoms with Crippen LogP contribution < -0.4 is 5.30 Å². The summed E-state index contributed by atoms with van der Waals surface area (Å²) in [6.45, 7) is 0.846. The van der Waals surface area contributed by atoms with E-state index in [1.807, 2.05) is 6.07 Å². The summed E-state index contributed by atoms with van der Waals surface area (Å²) < 4.78 is 5.92. The molecule has 1 heterocycles. The number of hydrogen-bond donors (Lipinski definition) is 0. The Labute approximate surface area is 109 Å². The molecule has 2 heteroatoms. The van der Waals surface area contributed by atoms with Gasteiger partial charge in [-0.2, -0.15) is 0 Å². The molecule has 1 saturated heterocycles. The van der Waals surface area contributed by atoms with E-state index in [0.29, 0.717) is 0 Å². The van der Waals surface area contributed by atoms with Gasteiger partial charge < -0.3 is 4.52 Å². The van der Waals surface area contributed by atoms with Crippen molar-refractivity contribution >= 4 is 19.5 Å². The highest BCUT2D eigenvalue weighted by Gasteiger charge is 2.23. The molecule has 2 aromatic carbocycles. The standard InChI is InChI=1S/C16H15OP/c1-3-7-14(8-4-1)13-16-11-12-17-18(16)15-9-5-2-6-10-15/h1-10,13H,11-12H2/b16-13+. The third-order valence-electron chi connectivity index (χ3n) is 2.96. The van der Waals surface area contributed by atoms with Crippen LogP contribution in [0.2, 0.25) is 0 Å². The lowest BCUT2D eigenvalue weighted by atomic mass is 10.2. The van der Waals surface area contributed by atoms with Crippen molar-refractivity contribution in [2.24, 2.45) is 0 Å². The molecule has 90 valence electrons. The molecule has 2 aromatic rings. The van der Waals surface area contributed by atoms with Crippen molar-refractivity contribution in [3.63, 3.8) is 0 Å². The quantitative estimate of drug-likeness (QED) is 0.731. The summed E-state index contributed by atoms with van der Waals surface area (Å²) in [6.07, 6.45) is 3.33. The fourth-order valence-corrected chi connectivity index (χ4v) is 4.03. The fourth-order valence-electron chi connectivity index (χ4n) is 2.10. The van der Waals surface area contributed by atoms with Crippen LogP contribution in [0.25, 0.3) is 6.08 Å². The predicted molar refractivity (Wildman–Crippen MR) is 78.0 cm³/mol. The molecule has 0 saturated carbocycles. The van der Waals surface area contributed by atoms with Gasteiger partial charge in [-0.25, -0.2) is 0 Å². The Morgan fingerprint density at radius 3 is 2.28 bits per heavy atom. The Hall–Kier alpha value is -1.43. The molecule has 3 rings (SSSR count). The molecule has 1 fully saturated rings. The Morgan fingerprint density at radius 1 is 0.889 bits per heavy atom. The van der Waals surface area contributed by atoms with E-state index < -0.39 is 8.15 Å². The van der Waals surface area contributed by atoms with Crippen LogP contribution in [-0.4, -0.2) is 6.61 Å². The zero-order valence-corrected chi connectivity index (χ0v) is 11.0. The highest BCUT2D eigenvalue weighted by molar-refractivity contribution is 7.65. The Morgan fingerprint density at radius 2 is 1.56 bits per heavy atom. The maximum absolute atomic E-state index is 5.92. The topological polar surface area (TPSA) is 9.23 Å². The van der Waals surface area contributed by atoms with Crippen molar-refractivity contribution in [1.82, 2.24) is 0 Å². The number of hydrogen-bond acceptors (Lipinski definition) is 1. The lowest BCUT2D eigenvalue weighted by Gasteiger charge is -2.11. The van der Waals surface area contributed by atoms with Crippen LogP contribution in [0.1, 0.15) is 12.0 Å². The van der Waals surface area contributed by atoms with Gasteiger partial charge in [-0.05, 0) is 23.4 Å². The maximum atomic E-state index is 5.92. The summed E-state index contributed by atoms with van der Waals surface area (Å²) in [4.78, 5) is 0. The molecule has 1 nitrogen and oxygen atoms in total. The van der Waals surface area contributed by atoms with Gasteiger partial charge in [-0.15, -0.1) is 0 Å². The average Bonchev–Trinajstić information content (AvgIpc) is 2.89. The second-order valence-corrected chi connectivity index (χ2v) is 6.20. The molecule has 0 spiro atoms. The van der Waals surface area contributed by atoms with Gasteiger partial charge in [0.2, 0.25) is 0 Å². The second kappa shape index (κ2) is 5.48. The van der Waals surface area contributed by atoms with Gasteiger partial charge in [0.25, 0.3) is 0 Å². The van der Waals surface area contributed by atoms with Crippen LogP contribution in [0.5, 0.6) is 0 Å². The van der Waals surface area contributed by atoms with Gasteiger partial charge in [0.05, 0.1) is 14.8 Å². The minimum atomic E-state index is -0.566. The summed E-state index contributed by atoms with van der Waals surface area (Å²) in [6, 6.07) is 21.0. The number of rotatable bonds is 2. The number of benzene rings is 2. The summed E-state index contributed by atoms with van der Waals surface area (Å²) in [7, 11) is -0.566. The van der Waals surface area contributed by atoms with Crippen molar-refractivity contribution in [3.8, 4) is 0 Å². The van der Waals surface area contributed by atoms with E-state index >= 15 is 0 Å². The lowest BCUT2D eigenvalue weighted by Crippen LogP contribution is -1.98. The summed E-state index contributed by atoms with van der Waals surface area (Å²) in [5, 5.41) is 2.74. The van der Waals surface area contributed by atoms with E-state index in [1.54, 1.807) is 0 Å². The van der Waals surface area contributed by atoms with Gasteiger partial charge >= 0.3 is 0 Å². The van der Waals surface area contributed by atoms with E-state index in [2.05, 4.69) is 60.7 Å². The van der Waals surface area contributed by atoms with E-state index in [4.69, 9.17) is 4.52 Å². The van der Waals surface area contributed by atoms with Crippen LogP contribution in [0, 0.1) is 0 Å². The van der Waals surface area contributed by atoms with Crippen molar-refractivity contribution in [1.29, 1.82) is 0 Å². The average molecular weight is 254 g/mol. The molecular formula is C16H15OP. The van der Waals surface area contributed by atoms with Crippen LogP contribution in [0.4, 0.5) is 0 Å².